The normalized spacial score (nSPS) is 16.8. The molecule has 0 aliphatic carbocycles. The minimum atomic E-state index is 0.0594. The molecular formula is C27H30ClN5O2S. The maximum Gasteiger partial charge on any atom is 0.254 e. The van der Waals surface area contributed by atoms with Crippen molar-refractivity contribution in [3.05, 3.63) is 82.5 Å². The number of anilines is 1. The van der Waals surface area contributed by atoms with Crippen molar-refractivity contribution in [2.45, 2.75) is 17.5 Å². The van der Waals surface area contributed by atoms with Crippen molar-refractivity contribution in [2.75, 3.05) is 57.4 Å². The third-order valence-electron chi connectivity index (χ3n) is 6.47. The van der Waals surface area contributed by atoms with E-state index in [0.29, 0.717) is 47.9 Å². The van der Waals surface area contributed by atoms with Gasteiger partial charge in [-0.3, -0.25) is 9.69 Å². The first kappa shape index (κ1) is 25.0. The van der Waals surface area contributed by atoms with E-state index in [-0.39, 0.29) is 5.91 Å². The van der Waals surface area contributed by atoms with Gasteiger partial charge in [0.2, 0.25) is 0 Å². The van der Waals surface area contributed by atoms with Gasteiger partial charge in [0.1, 0.15) is 11.0 Å². The Morgan fingerprint density at radius 3 is 2.33 bits per heavy atom. The number of carbonyl (C=O) groups excluding carboxylic acids is 1. The SMILES string of the molecule is O=C(c1ccc(CSc2nc(Cl)cc(N3CCN(Cc4ccccc4)CC3)n2)cc1)N1CCOCC1. The lowest BCUT2D eigenvalue weighted by atomic mass is 10.1. The van der Waals surface area contributed by atoms with Crippen molar-refractivity contribution >= 4 is 35.1 Å². The second-order valence-electron chi connectivity index (χ2n) is 8.97. The zero-order chi connectivity index (χ0) is 24.7. The molecule has 2 aliphatic heterocycles. The Morgan fingerprint density at radius 1 is 0.889 bits per heavy atom. The predicted octanol–water partition coefficient (Wildman–Crippen LogP) is 4.22. The number of piperazine rings is 1. The molecule has 5 rings (SSSR count). The number of benzene rings is 2. The molecule has 3 aromatic rings. The van der Waals surface area contributed by atoms with Crippen molar-refractivity contribution in [2.24, 2.45) is 0 Å². The summed E-state index contributed by atoms with van der Waals surface area (Å²) in [6, 6.07) is 20.2. The molecular weight excluding hydrogens is 494 g/mol. The smallest absolute Gasteiger partial charge is 0.254 e. The number of morpholine rings is 1. The molecule has 9 heteroatoms. The molecule has 0 saturated carbocycles. The Hall–Kier alpha value is -2.65. The summed E-state index contributed by atoms with van der Waals surface area (Å²) in [6.07, 6.45) is 0. The average Bonchev–Trinajstić information content (AvgIpc) is 2.93. The van der Waals surface area contributed by atoms with Gasteiger partial charge in [-0.2, -0.15) is 0 Å². The third-order valence-corrected chi connectivity index (χ3v) is 7.59. The molecule has 1 amide bonds. The van der Waals surface area contributed by atoms with Crippen molar-refractivity contribution < 1.29 is 9.53 Å². The number of carbonyl (C=O) groups is 1. The summed E-state index contributed by atoms with van der Waals surface area (Å²) in [5.74, 6) is 1.64. The van der Waals surface area contributed by atoms with Crippen molar-refractivity contribution in [3.8, 4) is 0 Å². The molecule has 0 unspecified atom stereocenters. The molecule has 2 aliphatic rings. The van der Waals surface area contributed by atoms with Gasteiger partial charge in [0.05, 0.1) is 13.2 Å². The van der Waals surface area contributed by atoms with Crippen LogP contribution in [-0.2, 0) is 17.0 Å². The van der Waals surface area contributed by atoms with Crippen molar-refractivity contribution in [1.29, 1.82) is 0 Å². The summed E-state index contributed by atoms with van der Waals surface area (Å²) >= 11 is 7.92. The number of halogens is 1. The molecule has 0 N–H and O–H groups in total. The second kappa shape index (κ2) is 12.1. The van der Waals surface area contributed by atoms with E-state index in [2.05, 4.69) is 45.1 Å². The Morgan fingerprint density at radius 2 is 1.61 bits per heavy atom. The number of amides is 1. The highest BCUT2D eigenvalue weighted by molar-refractivity contribution is 7.98. The van der Waals surface area contributed by atoms with Gasteiger partial charge < -0.3 is 14.5 Å². The topological polar surface area (TPSA) is 61.8 Å². The fourth-order valence-corrected chi connectivity index (χ4v) is 5.47. The zero-order valence-electron chi connectivity index (χ0n) is 20.2. The number of ether oxygens (including phenoxy) is 1. The Bertz CT molecular complexity index is 1150. The van der Waals surface area contributed by atoms with Crippen LogP contribution in [0.3, 0.4) is 0 Å². The van der Waals surface area contributed by atoms with Gasteiger partial charge in [-0.1, -0.05) is 65.8 Å². The lowest BCUT2D eigenvalue weighted by Gasteiger charge is -2.35. The third kappa shape index (κ3) is 6.56. The highest BCUT2D eigenvalue weighted by atomic mass is 35.5. The summed E-state index contributed by atoms with van der Waals surface area (Å²) in [4.78, 5) is 28.5. The van der Waals surface area contributed by atoms with E-state index in [0.717, 1.165) is 44.1 Å². The van der Waals surface area contributed by atoms with Crippen LogP contribution in [0.25, 0.3) is 0 Å². The first-order chi connectivity index (χ1) is 17.6. The fourth-order valence-electron chi connectivity index (χ4n) is 4.43. The quantitative estimate of drug-likeness (QED) is 0.261. The summed E-state index contributed by atoms with van der Waals surface area (Å²) < 4.78 is 5.34. The number of hydrogen-bond donors (Lipinski definition) is 0. The maximum absolute atomic E-state index is 12.7. The minimum Gasteiger partial charge on any atom is -0.378 e. The molecule has 0 bridgehead atoms. The van der Waals surface area contributed by atoms with Crippen LogP contribution in [0.5, 0.6) is 0 Å². The van der Waals surface area contributed by atoms with Crippen LogP contribution >= 0.6 is 23.4 Å². The van der Waals surface area contributed by atoms with Gasteiger partial charge in [-0.15, -0.1) is 0 Å². The zero-order valence-corrected chi connectivity index (χ0v) is 21.8. The first-order valence-corrected chi connectivity index (χ1v) is 13.6. The van der Waals surface area contributed by atoms with Gasteiger partial charge in [-0.25, -0.2) is 9.97 Å². The van der Waals surface area contributed by atoms with Crippen LogP contribution in [0.15, 0.2) is 65.8 Å². The van der Waals surface area contributed by atoms with E-state index in [4.69, 9.17) is 21.3 Å². The largest absolute Gasteiger partial charge is 0.378 e. The van der Waals surface area contributed by atoms with Crippen LogP contribution in [0.1, 0.15) is 21.5 Å². The fraction of sp³-hybridized carbons (Fsp3) is 0.370. The van der Waals surface area contributed by atoms with E-state index < -0.39 is 0 Å². The summed E-state index contributed by atoms with van der Waals surface area (Å²) in [5, 5.41) is 1.12. The number of aromatic nitrogens is 2. The van der Waals surface area contributed by atoms with Crippen molar-refractivity contribution in [1.82, 2.24) is 19.8 Å². The molecule has 2 aromatic carbocycles. The molecule has 0 atom stereocenters. The maximum atomic E-state index is 12.7. The van der Waals surface area contributed by atoms with E-state index in [9.17, 15) is 4.79 Å². The van der Waals surface area contributed by atoms with Gasteiger partial charge in [-0.05, 0) is 23.3 Å². The second-order valence-corrected chi connectivity index (χ2v) is 10.3. The number of rotatable bonds is 7. The van der Waals surface area contributed by atoms with Crippen LogP contribution in [0.2, 0.25) is 5.15 Å². The molecule has 188 valence electrons. The Labute approximate surface area is 221 Å². The molecule has 0 spiro atoms. The Kier molecular flexibility index (Phi) is 8.38. The van der Waals surface area contributed by atoms with Crippen molar-refractivity contribution in [3.63, 3.8) is 0 Å². The van der Waals surface area contributed by atoms with Crippen LogP contribution < -0.4 is 4.90 Å². The minimum absolute atomic E-state index is 0.0594. The van der Waals surface area contributed by atoms with Crippen LogP contribution in [0, 0.1) is 0 Å². The van der Waals surface area contributed by atoms with Gasteiger partial charge in [0, 0.05) is 63.2 Å². The molecule has 2 saturated heterocycles. The molecule has 3 heterocycles. The molecule has 0 radical (unpaired) electrons. The van der Waals surface area contributed by atoms with E-state index >= 15 is 0 Å². The van der Waals surface area contributed by atoms with E-state index in [1.54, 1.807) is 11.8 Å². The Balaban J connectivity index is 1.15. The van der Waals surface area contributed by atoms with Gasteiger partial charge in [0.15, 0.2) is 5.16 Å². The van der Waals surface area contributed by atoms with Crippen LogP contribution in [-0.4, -0.2) is 78.2 Å². The summed E-state index contributed by atoms with van der Waals surface area (Å²) in [7, 11) is 0. The number of hydrogen-bond acceptors (Lipinski definition) is 7. The lowest BCUT2D eigenvalue weighted by Crippen LogP contribution is -2.46. The number of thioether (sulfide) groups is 1. The standard InChI is InChI=1S/C27H30ClN5O2S/c28-24-18-25(32-12-10-31(11-13-32)19-21-4-2-1-3-5-21)30-27(29-24)36-20-22-6-8-23(9-7-22)26(34)33-14-16-35-17-15-33/h1-9,18H,10-17,19-20H2. The summed E-state index contributed by atoms with van der Waals surface area (Å²) in [6.45, 7) is 7.24. The first-order valence-electron chi connectivity index (χ1n) is 12.3. The number of nitrogens with zero attached hydrogens (tertiary/aromatic N) is 5. The molecule has 7 nitrogen and oxygen atoms in total. The van der Waals surface area contributed by atoms with E-state index in [1.807, 2.05) is 35.2 Å². The van der Waals surface area contributed by atoms with Gasteiger partial charge >= 0.3 is 0 Å². The van der Waals surface area contributed by atoms with Gasteiger partial charge in [0.25, 0.3) is 5.91 Å². The monoisotopic (exact) mass is 523 g/mol. The molecule has 36 heavy (non-hydrogen) atoms. The summed E-state index contributed by atoms with van der Waals surface area (Å²) in [5.41, 5.74) is 3.16. The van der Waals surface area contributed by atoms with Crippen LogP contribution in [0.4, 0.5) is 5.82 Å². The predicted molar refractivity (Wildman–Crippen MR) is 144 cm³/mol. The van der Waals surface area contributed by atoms with E-state index in [1.165, 1.54) is 5.56 Å². The average molecular weight is 524 g/mol. The molecule has 2 fully saturated rings. The highest BCUT2D eigenvalue weighted by Gasteiger charge is 2.20. The lowest BCUT2D eigenvalue weighted by molar-refractivity contribution is 0.0303. The highest BCUT2D eigenvalue weighted by Crippen LogP contribution is 2.26. The molecule has 1 aromatic heterocycles.